The van der Waals surface area contributed by atoms with Crippen LogP contribution in [0.4, 0.5) is 0 Å². The summed E-state index contributed by atoms with van der Waals surface area (Å²) in [5, 5.41) is 4.02. The fourth-order valence-corrected chi connectivity index (χ4v) is 7.13. The van der Waals surface area contributed by atoms with E-state index in [1.165, 1.54) is 3.97 Å². The van der Waals surface area contributed by atoms with Crippen molar-refractivity contribution < 1.29 is 17.9 Å². The van der Waals surface area contributed by atoms with Gasteiger partial charge in [0.2, 0.25) is 5.91 Å². The van der Waals surface area contributed by atoms with Crippen LogP contribution in [0.15, 0.2) is 120 Å². The van der Waals surface area contributed by atoms with Crippen LogP contribution in [0, 0.1) is 0 Å². The zero-order valence-electron chi connectivity index (χ0n) is 21.9. The first-order valence-corrected chi connectivity index (χ1v) is 14.9. The maximum absolute atomic E-state index is 14.0. The smallest absolute Gasteiger partial charge is 0.268 e. The third kappa shape index (κ3) is 5.06. The van der Waals surface area contributed by atoms with E-state index in [4.69, 9.17) is 4.74 Å². The molecule has 6 rings (SSSR count). The summed E-state index contributed by atoms with van der Waals surface area (Å²) in [6.45, 7) is 0.357. The van der Waals surface area contributed by atoms with Crippen molar-refractivity contribution in [3.63, 3.8) is 0 Å². The van der Waals surface area contributed by atoms with E-state index in [9.17, 15) is 13.2 Å². The molecule has 0 radical (unpaired) electrons. The van der Waals surface area contributed by atoms with Gasteiger partial charge in [0.1, 0.15) is 0 Å². The van der Waals surface area contributed by atoms with Gasteiger partial charge in [0.25, 0.3) is 10.0 Å². The summed E-state index contributed by atoms with van der Waals surface area (Å²) < 4.78 is 35.8. The van der Waals surface area contributed by atoms with Crippen molar-refractivity contribution >= 4 is 26.8 Å². The second kappa shape index (κ2) is 11.1. The summed E-state index contributed by atoms with van der Waals surface area (Å²) >= 11 is 0. The molecule has 1 N–H and O–H groups in total. The predicted molar refractivity (Wildman–Crippen MR) is 155 cm³/mol. The van der Waals surface area contributed by atoms with Crippen molar-refractivity contribution in [1.29, 1.82) is 0 Å². The molecule has 5 aromatic rings. The maximum Gasteiger partial charge on any atom is 0.268 e. The molecule has 6 nitrogen and oxygen atoms in total. The Kier molecular flexibility index (Phi) is 7.24. The van der Waals surface area contributed by atoms with E-state index in [2.05, 4.69) is 5.32 Å². The van der Waals surface area contributed by atoms with Crippen LogP contribution in [0.3, 0.4) is 0 Å². The molecule has 1 amide bonds. The number of ether oxygens (including phenoxy) is 1. The van der Waals surface area contributed by atoms with Crippen LogP contribution in [0.1, 0.15) is 34.8 Å². The summed E-state index contributed by atoms with van der Waals surface area (Å²) in [6, 6.07) is 35.2. The first-order chi connectivity index (χ1) is 19.5. The molecule has 0 saturated carbocycles. The third-order valence-electron chi connectivity index (χ3n) is 7.43. The number of aromatic nitrogens is 1. The number of amides is 1. The average molecular weight is 551 g/mol. The lowest BCUT2D eigenvalue weighted by Gasteiger charge is -2.23. The fraction of sp³-hybridized carbons (Fsp3) is 0.182. The van der Waals surface area contributed by atoms with Crippen LogP contribution >= 0.6 is 0 Å². The number of carbonyl (C=O) groups excluding carboxylic acids is 1. The number of para-hydroxylation sites is 1. The largest absolute Gasteiger partial charge is 0.371 e. The molecule has 0 saturated heterocycles. The van der Waals surface area contributed by atoms with E-state index in [0.717, 1.165) is 22.1 Å². The molecule has 0 aliphatic heterocycles. The normalized spacial score (nSPS) is 16.6. The predicted octanol–water partition coefficient (Wildman–Crippen LogP) is 5.81. The minimum Gasteiger partial charge on any atom is -0.371 e. The van der Waals surface area contributed by atoms with Crippen molar-refractivity contribution in [3.05, 3.63) is 138 Å². The molecule has 7 heteroatoms. The highest BCUT2D eigenvalue weighted by Crippen LogP contribution is 2.42. The Morgan fingerprint density at radius 3 is 2.10 bits per heavy atom. The first-order valence-electron chi connectivity index (χ1n) is 13.4. The van der Waals surface area contributed by atoms with Crippen molar-refractivity contribution in [2.24, 2.45) is 0 Å². The zero-order chi connectivity index (χ0) is 27.5. The molecule has 1 aromatic heterocycles. The standard InChI is InChI=1S/C33H30N2O4S/c36-31(21-20-24-12-4-1-5-13-24)34-33-30(39-23-25-14-6-2-7-15-25)22-29-32(33)27-18-10-11-19-28(27)35(29)40(37,38)26-16-8-3-9-17-26/h1-19,30,33H,20-23H2,(H,34,36)/t30-,33+/m1/s1. The molecule has 1 heterocycles. The Balaban J connectivity index is 1.38. The Morgan fingerprint density at radius 1 is 0.800 bits per heavy atom. The molecular formula is C33H30N2O4S. The molecule has 0 bridgehead atoms. The number of aryl methyl sites for hydroxylation is 1. The molecule has 1 aliphatic carbocycles. The lowest BCUT2D eigenvalue weighted by molar-refractivity contribution is -0.123. The molecule has 4 aromatic carbocycles. The van der Waals surface area contributed by atoms with Gasteiger partial charge in [0, 0.05) is 29.5 Å². The lowest BCUT2D eigenvalue weighted by Crippen LogP contribution is -2.35. The van der Waals surface area contributed by atoms with Crippen LogP contribution in [0.2, 0.25) is 0 Å². The molecular weight excluding hydrogens is 520 g/mol. The van der Waals surface area contributed by atoms with E-state index in [0.29, 0.717) is 37.1 Å². The van der Waals surface area contributed by atoms with Crippen molar-refractivity contribution in [2.75, 3.05) is 0 Å². The first kappa shape index (κ1) is 26.0. The molecule has 1 aliphatic rings. The average Bonchev–Trinajstić information content (AvgIpc) is 3.51. The summed E-state index contributed by atoms with van der Waals surface area (Å²) in [5.74, 6) is -0.0993. The van der Waals surface area contributed by atoms with Crippen molar-refractivity contribution in [3.8, 4) is 0 Å². The van der Waals surface area contributed by atoms with Gasteiger partial charge in [0.15, 0.2) is 0 Å². The molecule has 202 valence electrons. The number of rotatable bonds is 9. The Morgan fingerprint density at radius 2 is 1.40 bits per heavy atom. The summed E-state index contributed by atoms with van der Waals surface area (Å²) in [5.41, 5.74) is 4.16. The van der Waals surface area contributed by atoms with E-state index < -0.39 is 22.2 Å². The monoisotopic (exact) mass is 550 g/mol. The molecule has 0 spiro atoms. The quantitative estimate of drug-likeness (QED) is 0.251. The number of nitrogens with zero attached hydrogens (tertiary/aromatic N) is 1. The highest BCUT2D eigenvalue weighted by Gasteiger charge is 2.41. The van der Waals surface area contributed by atoms with Crippen LogP contribution in [0.5, 0.6) is 0 Å². The van der Waals surface area contributed by atoms with Gasteiger partial charge in [0.05, 0.1) is 29.2 Å². The van der Waals surface area contributed by atoms with Gasteiger partial charge >= 0.3 is 0 Å². The van der Waals surface area contributed by atoms with E-state index in [1.807, 2.05) is 84.9 Å². The van der Waals surface area contributed by atoms with Crippen LogP contribution in [-0.4, -0.2) is 24.4 Å². The number of fused-ring (bicyclic) bond motifs is 3. The molecule has 40 heavy (non-hydrogen) atoms. The summed E-state index contributed by atoms with van der Waals surface area (Å²) in [6.07, 6.45) is 0.869. The van der Waals surface area contributed by atoms with Crippen LogP contribution in [-0.2, 0) is 39.0 Å². The second-order valence-corrected chi connectivity index (χ2v) is 11.8. The number of carbonyl (C=O) groups is 1. The van der Waals surface area contributed by atoms with Crippen LogP contribution < -0.4 is 5.32 Å². The summed E-state index contributed by atoms with van der Waals surface area (Å²) in [4.78, 5) is 13.5. The molecule has 0 unspecified atom stereocenters. The Labute approximate surface area is 234 Å². The van der Waals surface area contributed by atoms with Gasteiger partial charge in [-0.05, 0) is 35.7 Å². The molecule has 0 fully saturated rings. The number of nitrogens with one attached hydrogen (secondary N) is 1. The Bertz CT molecular complexity index is 1730. The van der Waals surface area contributed by atoms with E-state index >= 15 is 0 Å². The fourth-order valence-electron chi connectivity index (χ4n) is 5.54. The van der Waals surface area contributed by atoms with Crippen molar-refractivity contribution in [1.82, 2.24) is 9.29 Å². The van der Waals surface area contributed by atoms with Gasteiger partial charge in [-0.25, -0.2) is 12.4 Å². The maximum atomic E-state index is 14.0. The third-order valence-corrected chi connectivity index (χ3v) is 9.20. The highest BCUT2D eigenvalue weighted by molar-refractivity contribution is 7.90. The van der Waals surface area contributed by atoms with E-state index in [-0.39, 0.29) is 10.8 Å². The topological polar surface area (TPSA) is 77.4 Å². The lowest BCUT2D eigenvalue weighted by atomic mass is 10.0. The summed E-state index contributed by atoms with van der Waals surface area (Å²) in [7, 11) is -3.89. The van der Waals surface area contributed by atoms with E-state index in [1.54, 1.807) is 30.3 Å². The minimum absolute atomic E-state index is 0.0993. The van der Waals surface area contributed by atoms with Gasteiger partial charge < -0.3 is 10.1 Å². The van der Waals surface area contributed by atoms with Gasteiger partial charge in [-0.15, -0.1) is 0 Å². The Hall–Kier alpha value is -4.20. The zero-order valence-corrected chi connectivity index (χ0v) is 22.8. The number of hydrogen-bond acceptors (Lipinski definition) is 4. The minimum atomic E-state index is -3.89. The SMILES string of the molecule is O=C(CCc1ccccc1)N[C@@H]1c2c(n(S(=O)(=O)c3ccccc3)c3ccccc23)C[C@H]1OCc1ccccc1. The van der Waals surface area contributed by atoms with Crippen LogP contribution in [0.25, 0.3) is 10.9 Å². The van der Waals surface area contributed by atoms with Gasteiger partial charge in [-0.2, -0.15) is 0 Å². The van der Waals surface area contributed by atoms with Crippen molar-refractivity contribution in [2.45, 2.75) is 42.9 Å². The number of benzene rings is 4. The second-order valence-electron chi connectivity index (χ2n) is 10.0. The van der Waals surface area contributed by atoms with Gasteiger partial charge in [-0.3, -0.25) is 4.79 Å². The number of hydrogen-bond donors (Lipinski definition) is 1. The molecule has 2 atom stereocenters. The highest BCUT2D eigenvalue weighted by atomic mass is 32.2. The van der Waals surface area contributed by atoms with Gasteiger partial charge in [-0.1, -0.05) is 97.1 Å².